The van der Waals surface area contributed by atoms with Gasteiger partial charge in [0.15, 0.2) is 0 Å². The number of nitrogens with zero attached hydrogens (tertiary/aromatic N) is 1. The van der Waals surface area contributed by atoms with Crippen molar-refractivity contribution in [2.24, 2.45) is 5.92 Å². The largest absolute Gasteiger partial charge is 0.312 e. The van der Waals surface area contributed by atoms with E-state index in [0.717, 1.165) is 12.5 Å². The second kappa shape index (κ2) is 6.27. The molecule has 16 heavy (non-hydrogen) atoms. The number of hydrogen-bond acceptors (Lipinski definition) is 3. The van der Waals surface area contributed by atoms with Crippen LogP contribution in [0.15, 0.2) is 0 Å². The standard InChI is InChI=1S/C13H28N2S/c1-11(2)8-12(3)14-9-13(15(4)5)6-7-16-10-13/h11-12,14H,6-10H2,1-5H3. The van der Waals surface area contributed by atoms with Gasteiger partial charge < -0.3 is 10.2 Å². The van der Waals surface area contributed by atoms with Crippen LogP contribution in [-0.4, -0.2) is 48.6 Å². The third-order valence-corrected chi connectivity index (χ3v) is 4.87. The van der Waals surface area contributed by atoms with Crippen molar-refractivity contribution in [3.8, 4) is 0 Å². The zero-order valence-electron chi connectivity index (χ0n) is 11.5. The third-order valence-electron chi connectivity index (χ3n) is 3.64. The third kappa shape index (κ3) is 3.94. The highest BCUT2D eigenvalue weighted by molar-refractivity contribution is 7.99. The van der Waals surface area contributed by atoms with Crippen LogP contribution in [0, 0.1) is 5.92 Å². The van der Waals surface area contributed by atoms with Gasteiger partial charge in [-0.25, -0.2) is 0 Å². The molecule has 1 aliphatic heterocycles. The van der Waals surface area contributed by atoms with Crippen LogP contribution in [0.3, 0.4) is 0 Å². The molecule has 1 fully saturated rings. The Morgan fingerprint density at radius 3 is 2.44 bits per heavy atom. The Hall–Kier alpha value is 0.270. The lowest BCUT2D eigenvalue weighted by Gasteiger charge is -2.37. The number of hydrogen-bond donors (Lipinski definition) is 1. The maximum Gasteiger partial charge on any atom is 0.0425 e. The van der Waals surface area contributed by atoms with Crippen molar-refractivity contribution >= 4 is 11.8 Å². The SMILES string of the molecule is CC(C)CC(C)NCC1(N(C)C)CCSC1. The number of rotatable bonds is 6. The van der Waals surface area contributed by atoms with E-state index in [1.165, 1.54) is 24.3 Å². The summed E-state index contributed by atoms with van der Waals surface area (Å²) in [6.45, 7) is 8.04. The second-order valence-electron chi connectivity index (χ2n) is 5.83. The summed E-state index contributed by atoms with van der Waals surface area (Å²) in [5.41, 5.74) is 0.399. The Bertz CT molecular complexity index is 198. The Morgan fingerprint density at radius 2 is 2.00 bits per heavy atom. The first-order chi connectivity index (χ1) is 7.46. The molecule has 96 valence electrons. The van der Waals surface area contributed by atoms with E-state index in [1.54, 1.807) is 0 Å². The fourth-order valence-electron chi connectivity index (χ4n) is 2.40. The Morgan fingerprint density at radius 1 is 1.31 bits per heavy atom. The maximum absolute atomic E-state index is 3.72. The highest BCUT2D eigenvalue weighted by Gasteiger charge is 2.36. The molecule has 3 heteroatoms. The summed E-state index contributed by atoms with van der Waals surface area (Å²) in [5.74, 6) is 3.38. The Labute approximate surface area is 106 Å². The van der Waals surface area contributed by atoms with Gasteiger partial charge in [0.1, 0.15) is 0 Å². The molecule has 0 aromatic carbocycles. The maximum atomic E-state index is 3.72. The molecule has 1 aliphatic rings. The molecule has 0 aliphatic carbocycles. The van der Waals surface area contributed by atoms with Crippen LogP contribution in [0.5, 0.6) is 0 Å². The fraction of sp³-hybridized carbons (Fsp3) is 1.00. The van der Waals surface area contributed by atoms with Crippen LogP contribution in [0.4, 0.5) is 0 Å². The average Bonchev–Trinajstić information content (AvgIpc) is 2.63. The highest BCUT2D eigenvalue weighted by Crippen LogP contribution is 2.31. The number of nitrogens with one attached hydrogen (secondary N) is 1. The normalized spacial score (nSPS) is 27.9. The summed E-state index contributed by atoms with van der Waals surface area (Å²) in [7, 11) is 4.45. The zero-order valence-corrected chi connectivity index (χ0v) is 12.4. The number of thioether (sulfide) groups is 1. The minimum Gasteiger partial charge on any atom is -0.312 e. The topological polar surface area (TPSA) is 15.3 Å². The average molecular weight is 244 g/mol. The predicted molar refractivity (Wildman–Crippen MR) is 75.3 cm³/mol. The summed E-state index contributed by atoms with van der Waals surface area (Å²) < 4.78 is 0. The van der Waals surface area contributed by atoms with Gasteiger partial charge in [0.25, 0.3) is 0 Å². The lowest BCUT2D eigenvalue weighted by atomic mass is 9.96. The van der Waals surface area contributed by atoms with E-state index in [0.29, 0.717) is 11.6 Å². The van der Waals surface area contributed by atoms with E-state index in [1.807, 2.05) is 0 Å². The first-order valence-electron chi connectivity index (χ1n) is 6.45. The monoisotopic (exact) mass is 244 g/mol. The molecule has 1 heterocycles. The van der Waals surface area contributed by atoms with Crippen LogP contribution in [0.2, 0.25) is 0 Å². The smallest absolute Gasteiger partial charge is 0.0425 e. The van der Waals surface area contributed by atoms with Gasteiger partial charge >= 0.3 is 0 Å². The van der Waals surface area contributed by atoms with Gasteiger partial charge in [0, 0.05) is 23.9 Å². The molecule has 2 unspecified atom stereocenters. The minimum atomic E-state index is 0.399. The van der Waals surface area contributed by atoms with E-state index in [2.05, 4.69) is 56.8 Å². The van der Waals surface area contributed by atoms with Gasteiger partial charge in [-0.3, -0.25) is 0 Å². The van der Waals surface area contributed by atoms with Crippen molar-refractivity contribution in [1.29, 1.82) is 0 Å². The van der Waals surface area contributed by atoms with Gasteiger partial charge in [0.05, 0.1) is 0 Å². The number of likely N-dealkylation sites (N-methyl/N-ethyl adjacent to an activating group) is 1. The molecule has 0 saturated carbocycles. The van der Waals surface area contributed by atoms with Crippen molar-refractivity contribution in [2.45, 2.75) is 45.2 Å². The molecule has 0 aromatic rings. The van der Waals surface area contributed by atoms with E-state index in [4.69, 9.17) is 0 Å². The molecular formula is C13H28N2S. The van der Waals surface area contributed by atoms with Crippen molar-refractivity contribution in [3.63, 3.8) is 0 Å². The molecule has 0 spiro atoms. The van der Waals surface area contributed by atoms with E-state index in [-0.39, 0.29) is 0 Å². The molecule has 2 atom stereocenters. The molecule has 0 aromatic heterocycles. The summed E-state index contributed by atoms with van der Waals surface area (Å²) in [5, 5.41) is 3.72. The predicted octanol–water partition coefficient (Wildman–Crippen LogP) is 2.45. The quantitative estimate of drug-likeness (QED) is 0.772. The molecule has 0 amide bonds. The Balaban J connectivity index is 2.39. The van der Waals surface area contributed by atoms with Gasteiger partial charge in [0.2, 0.25) is 0 Å². The van der Waals surface area contributed by atoms with Crippen molar-refractivity contribution < 1.29 is 0 Å². The first kappa shape index (κ1) is 14.3. The van der Waals surface area contributed by atoms with Gasteiger partial charge in [-0.1, -0.05) is 13.8 Å². The summed E-state index contributed by atoms with van der Waals surface area (Å²) in [6.07, 6.45) is 2.60. The van der Waals surface area contributed by atoms with Crippen LogP contribution in [0.25, 0.3) is 0 Å². The van der Waals surface area contributed by atoms with Crippen molar-refractivity contribution in [3.05, 3.63) is 0 Å². The molecule has 2 nitrogen and oxygen atoms in total. The minimum absolute atomic E-state index is 0.399. The van der Waals surface area contributed by atoms with Crippen LogP contribution >= 0.6 is 11.8 Å². The van der Waals surface area contributed by atoms with E-state index >= 15 is 0 Å². The lowest BCUT2D eigenvalue weighted by molar-refractivity contribution is 0.169. The molecular weight excluding hydrogens is 216 g/mol. The molecule has 1 saturated heterocycles. The second-order valence-corrected chi connectivity index (χ2v) is 6.94. The van der Waals surface area contributed by atoms with Crippen LogP contribution in [-0.2, 0) is 0 Å². The van der Waals surface area contributed by atoms with E-state index < -0.39 is 0 Å². The molecule has 1 N–H and O–H groups in total. The molecule has 0 bridgehead atoms. The zero-order chi connectivity index (χ0) is 12.2. The van der Waals surface area contributed by atoms with Gasteiger partial charge in [-0.15, -0.1) is 0 Å². The fourth-order valence-corrected chi connectivity index (χ4v) is 3.95. The van der Waals surface area contributed by atoms with Gasteiger partial charge in [-0.05, 0) is 45.5 Å². The Kier molecular flexibility index (Phi) is 5.62. The summed E-state index contributed by atoms with van der Waals surface area (Å²) in [6, 6.07) is 0.641. The molecule has 1 rings (SSSR count). The van der Waals surface area contributed by atoms with Crippen LogP contribution in [0.1, 0.15) is 33.6 Å². The van der Waals surface area contributed by atoms with Crippen molar-refractivity contribution in [1.82, 2.24) is 10.2 Å². The van der Waals surface area contributed by atoms with Crippen LogP contribution < -0.4 is 5.32 Å². The molecule has 0 radical (unpaired) electrons. The van der Waals surface area contributed by atoms with Gasteiger partial charge in [-0.2, -0.15) is 11.8 Å². The highest BCUT2D eigenvalue weighted by atomic mass is 32.2. The summed E-state index contributed by atoms with van der Waals surface area (Å²) >= 11 is 2.09. The van der Waals surface area contributed by atoms with Crippen molar-refractivity contribution in [2.75, 3.05) is 32.1 Å². The van der Waals surface area contributed by atoms with E-state index in [9.17, 15) is 0 Å². The summed E-state index contributed by atoms with van der Waals surface area (Å²) in [4.78, 5) is 2.42. The lowest BCUT2D eigenvalue weighted by Crippen LogP contribution is -2.53. The first-order valence-corrected chi connectivity index (χ1v) is 7.60.